The van der Waals surface area contributed by atoms with E-state index in [1.54, 1.807) is 0 Å². The van der Waals surface area contributed by atoms with Crippen LogP contribution in [0.1, 0.15) is 10.4 Å². The van der Waals surface area contributed by atoms with Crippen molar-refractivity contribution in [3.8, 4) is 5.40 Å². The van der Waals surface area contributed by atoms with Gasteiger partial charge in [-0.25, -0.2) is 4.79 Å². The van der Waals surface area contributed by atoms with Crippen LogP contribution in [0.5, 0.6) is 0 Å². The molecule has 0 unspecified atom stereocenters. The highest BCUT2D eigenvalue weighted by atomic mass is 32.2. The number of carboxylic acids is 1. The van der Waals surface area contributed by atoms with Gasteiger partial charge >= 0.3 is 5.97 Å². The molecular weight excluding hydrogens is 176 g/mol. The quantitative estimate of drug-likeness (QED) is 0.549. The lowest BCUT2D eigenvalue weighted by Gasteiger charge is -1.94. The number of hydrogen-bond acceptors (Lipinski definition) is 4. The highest BCUT2D eigenvalue weighted by Gasteiger charge is 2.03. The summed E-state index contributed by atoms with van der Waals surface area (Å²) in [7, 11) is 0. The maximum atomic E-state index is 10.4. The Morgan fingerprint density at radius 2 is 2.42 bits per heavy atom. The minimum absolute atomic E-state index is 0.0928. The predicted molar refractivity (Wildman–Crippen MR) is 42.7 cm³/mol. The maximum absolute atomic E-state index is 10.4. The predicted octanol–water partition coefficient (Wildman–Crippen LogP) is 1.35. The van der Waals surface area contributed by atoms with Gasteiger partial charge in [0.2, 0.25) is 0 Å². The number of thioether (sulfide) groups is 1. The van der Waals surface area contributed by atoms with Crippen LogP contribution in [0.15, 0.2) is 23.4 Å². The number of thiocyanates is 1. The van der Waals surface area contributed by atoms with Crippen molar-refractivity contribution in [2.75, 3.05) is 0 Å². The molecule has 0 saturated heterocycles. The Morgan fingerprint density at radius 3 is 3.00 bits per heavy atom. The number of aromatic nitrogens is 1. The monoisotopic (exact) mass is 180 g/mol. The fourth-order valence-electron chi connectivity index (χ4n) is 0.644. The molecule has 4 nitrogen and oxygen atoms in total. The highest BCUT2D eigenvalue weighted by molar-refractivity contribution is 8.03. The molecule has 12 heavy (non-hydrogen) atoms. The van der Waals surface area contributed by atoms with E-state index in [2.05, 4.69) is 4.98 Å². The Morgan fingerprint density at radius 1 is 1.67 bits per heavy atom. The molecule has 0 spiro atoms. The van der Waals surface area contributed by atoms with Gasteiger partial charge < -0.3 is 5.11 Å². The lowest BCUT2D eigenvalue weighted by atomic mass is 10.3. The van der Waals surface area contributed by atoms with Gasteiger partial charge in [-0.2, -0.15) is 5.26 Å². The molecule has 60 valence electrons. The molecule has 0 aliphatic rings. The van der Waals surface area contributed by atoms with Gasteiger partial charge in [0.25, 0.3) is 0 Å². The van der Waals surface area contributed by atoms with Crippen LogP contribution >= 0.6 is 11.8 Å². The Labute approximate surface area is 72.9 Å². The van der Waals surface area contributed by atoms with Gasteiger partial charge in [0.15, 0.2) is 0 Å². The molecule has 0 radical (unpaired) electrons. The topological polar surface area (TPSA) is 74.0 Å². The molecular formula is C7H4N2O2S. The van der Waals surface area contributed by atoms with E-state index in [9.17, 15) is 4.79 Å². The number of nitrogens with zero attached hydrogens (tertiary/aromatic N) is 2. The normalized spacial score (nSPS) is 8.92. The van der Waals surface area contributed by atoms with Crippen LogP contribution in [0, 0.1) is 10.7 Å². The van der Waals surface area contributed by atoms with Crippen LogP contribution in [-0.2, 0) is 0 Å². The van der Waals surface area contributed by atoms with Crippen LogP contribution in [0.3, 0.4) is 0 Å². The van der Waals surface area contributed by atoms with Crippen molar-refractivity contribution in [3.63, 3.8) is 0 Å². The van der Waals surface area contributed by atoms with Crippen LogP contribution in [0.25, 0.3) is 0 Å². The summed E-state index contributed by atoms with van der Waals surface area (Å²) in [6.07, 6.45) is 2.68. The zero-order chi connectivity index (χ0) is 8.97. The fraction of sp³-hybridized carbons (Fsp3) is 0. The van der Waals surface area contributed by atoms with E-state index < -0.39 is 5.97 Å². The minimum atomic E-state index is -1.04. The summed E-state index contributed by atoms with van der Waals surface area (Å²) in [4.78, 5) is 14.6. The fourth-order valence-corrected chi connectivity index (χ4v) is 1.05. The number of carbonyl (C=O) groups is 1. The van der Waals surface area contributed by atoms with Gasteiger partial charge in [0, 0.05) is 17.3 Å². The van der Waals surface area contributed by atoms with Crippen LogP contribution in [0.2, 0.25) is 0 Å². The molecule has 1 rings (SSSR count). The number of nitriles is 1. The van der Waals surface area contributed by atoms with Crippen molar-refractivity contribution in [3.05, 3.63) is 24.0 Å². The Kier molecular flexibility index (Phi) is 2.66. The van der Waals surface area contributed by atoms with Gasteiger partial charge in [-0.05, 0) is 17.8 Å². The molecule has 5 heteroatoms. The molecule has 1 heterocycles. The van der Waals surface area contributed by atoms with Crippen LogP contribution in [0.4, 0.5) is 0 Å². The third-order valence-electron chi connectivity index (χ3n) is 1.12. The summed E-state index contributed by atoms with van der Waals surface area (Å²) in [6, 6.07) is 1.41. The number of carboxylic acid groups (broad SMARTS) is 1. The second kappa shape index (κ2) is 3.74. The summed E-state index contributed by atoms with van der Waals surface area (Å²) in [5.74, 6) is -1.04. The second-order valence-electron chi connectivity index (χ2n) is 1.91. The molecule has 1 aromatic rings. The van der Waals surface area contributed by atoms with Crippen LogP contribution in [-0.4, -0.2) is 16.1 Å². The molecule has 0 amide bonds. The Bertz CT molecular complexity index is 346. The summed E-state index contributed by atoms with van der Waals surface area (Å²) in [5, 5.41) is 18.7. The van der Waals surface area contributed by atoms with Crippen molar-refractivity contribution in [1.29, 1.82) is 5.26 Å². The van der Waals surface area contributed by atoms with E-state index in [4.69, 9.17) is 10.4 Å². The van der Waals surface area contributed by atoms with Crippen molar-refractivity contribution in [2.45, 2.75) is 4.90 Å². The number of aromatic carboxylic acids is 1. The van der Waals surface area contributed by atoms with Crippen molar-refractivity contribution in [1.82, 2.24) is 4.98 Å². The summed E-state index contributed by atoms with van der Waals surface area (Å²) >= 11 is 0.887. The number of pyridine rings is 1. The molecule has 0 aliphatic heterocycles. The van der Waals surface area contributed by atoms with E-state index in [1.165, 1.54) is 18.5 Å². The highest BCUT2D eigenvalue weighted by Crippen LogP contribution is 2.15. The first kappa shape index (κ1) is 8.56. The first-order valence-electron chi connectivity index (χ1n) is 2.98. The standard InChI is InChI=1S/C7H4N2O2S/c8-4-12-6-1-5(7(10)11)2-9-3-6/h1-3H,(H,10,11). The third-order valence-corrected chi connectivity index (χ3v) is 1.67. The largest absolute Gasteiger partial charge is 0.478 e. The molecule has 0 fully saturated rings. The Hall–Kier alpha value is -1.54. The molecule has 0 aromatic carbocycles. The van der Waals surface area contributed by atoms with E-state index >= 15 is 0 Å². The van der Waals surface area contributed by atoms with E-state index in [1.807, 2.05) is 5.40 Å². The lowest BCUT2D eigenvalue weighted by Crippen LogP contribution is -1.96. The molecule has 0 bridgehead atoms. The molecule has 0 aliphatic carbocycles. The minimum Gasteiger partial charge on any atom is -0.478 e. The van der Waals surface area contributed by atoms with Gasteiger partial charge in [0.1, 0.15) is 5.40 Å². The average molecular weight is 180 g/mol. The van der Waals surface area contributed by atoms with Crippen LogP contribution < -0.4 is 0 Å². The van der Waals surface area contributed by atoms with Gasteiger partial charge in [-0.1, -0.05) is 0 Å². The zero-order valence-electron chi connectivity index (χ0n) is 5.89. The Balaban J connectivity index is 2.97. The van der Waals surface area contributed by atoms with Crippen molar-refractivity contribution >= 4 is 17.7 Å². The van der Waals surface area contributed by atoms with Gasteiger partial charge in [-0.15, -0.1) is 0 Å². The smallest absolute Gasteiger partial charge is 0.337 e. The molecule has 1 aromatic heterocycles. The first-order valence-corrected chi connectivity index (χ1v) is 3.80. The van der Waals surface area contributed by atoms with E-state index in [-0.39, 0.29) is 5.56 Å². The van der Waals surface area contributed by atoms with E-state index in [0.29, 0.717) is 4.90 Å². The zero-order valence-corrected chi connectivity index (χ0v) is 6.71. The third kappa shape index (κ3) is 1.97. The second-order valence-corrected chi connectivity index (χ2v) is 2.77. The average Bonchev–Trinajstić information content (AvgIpc) is 2.05. The summed E-state index contributed by atoms with van der Waals surface area (Å²) in [5.41, 5.74) is 0.0928. The van der Waals surface area contributed by atoms with Crippen molar-refractivity contribution in [2.24, 2.45) is 0 Å². The summed E-state index contributed by atoms with van der Waals surface area (Å²) < 4.78 is 0. The molecule has 1 N–H and O–H groups in total. The van der Waals surface area contributed by atoms with Crippen molar-refractivity contribution < 1.29 is 9.90 Å². The maximum Gasteiger partial charge on any atom is 0.337 e. The summed E-state index contributed by atoms with van der Waals surface area (Å²) in [6.45, 7) is 0. The van der Waals surface area contributed by atoms with E-state index in [0.717, 1.165) is 11.8 Å². The molecule has 0 saturated carbocycles. The number of rotatable bonds is 2. The van der Waals surface area contributed by atoms with Gasteiger partial charge in [-0.3, -0.25) is 4.98 Å². The number of hydrogen-bond donors (Lipinski definition) is 1. The molecule has 0 atom stereocenters. The SMILES string of the molecule is N#CSc1cncc(C(=O)O)c1. The van der Waals surface area contributed by atoms with Gasteiger partial charge in [0.05, 0.1) is 5.56 Å². The first-order chi connectivity index (χ1) is 5.74. The lowest BCUT2D eigenvalue weighted by molar-refractivity contribution is 0.0696.